The number of ether oxygens (including phenoxy) is 2. The maximum Gasteiger partial charge on any atom is 0.305 e. The Kier molecular flexibility index (Phi) is 15.5. The number of methoxy groups -OCH3 is 1. The third-order valence-corrected chi connectivity index (χ3v) is 3.57. The second-order valence-electron chi connectivity index (χ2n) is 5.64. The van der Waals surface area contributed by atoms with Gasteiger partial charge in [-0.2, -0.15) is 0 Å². The second-order valence-corrected chi connectivity index (χ2v) is 5.64. The van der Waals surface area contributed by atoms with Gasteiger partial charge in [0.05, 0.1) is 6.61 Å². The van der Waals surface area contributed by atoms with Crippen molar-refractivity contribution >= 4 is 11.9 Å². The first-order valence-corrected chi connectivity index (χ1v) is 8.53. The lowest BCUT2D eigenvalue weighted by atomic mass is 10.1. The summed E-state index contributed by atoms with van der Waals surface area (Å²) < 4.78 is 9.80. The molecule has 5 nitrogen and oxygen atoms in total. The van der Waals surface area contributed by atoms with Crippen molar-refractivity contribution in [3.63, 3.8) is 0 Å². The Labute approximate surface area is 134 Å². The summed E-state index contributed by atoms with van der Waals surface area (Å²) in [6.07, 6.45) is 11.8. The number of unbranched alkanes of at least 4 members (excludes halogenated alkanes) is 9. The molecule has 0 aromatic rings. The Morgan fingerprint density at radius 3 is 1.64 bits per heavy atom. The van der Waals surface area contributed by atoms with E-state index in [0.717, 1.165) is 32.1 Å². The lowest BCUT2D eigenvalue weighted by Gasteiger charge is -2.04. The van der Waals surface area contributed by atoms with Crippen LogP contribution < -0.4 is 0 Å². The van der Waals surface area contributed by atoms with Gasteiger partial charge in [0.1, 0.15) is 6.61 Å². The second kappa shape index (κ2) is 16.3. The van der Waals surface area contributed by atoms with Gasteiger partial charge in [-0.05, 0) is 12.8 Å². The smallest absolute Gasteiger partial charge is 0.305 e. The molecule has 0 aliphatic carbocycles. The molecule has 0 bridgehead atoms. The average Bonchev–Trinajstić information content (AvgIpc) is 2.48. The van der Waals surface area contributed by atoms with Crippen LogP contribution in [0.4, 0.5) is 0 Å². The van der Waals surface area contributed by atoms with Crippen LogP contribution in [-0.2, 0) is 19.1 Å². The molecule has 22 heavy (non-hydrogen) atoms. The maximum absolute atomic E-state index is 11.3. The van der Waals surface area contributed by atoms with Crippen molar-refractivity contribution in [3.05, 3.63) is 0 Å². The Bertz CT molecular complexity index is 278. The highest BCUT2D eigenvalue weighted by Gasteiger charge is 2.02. The molecule has 0 heterocycles. The van der Waals surface area contributed by atoms with E-state index in [2.05, 4.69) is 0 Å². The highest BCUT2D eigenvalue weighted by Crippen LogP contribution is 2.12. The molecule has 0 radical (unpaired) electrons. The van der Waals surface area contributed by atoms with E-state index < -0.39 is 5.97 Å². The predicted octanol–water partition coefficient (Wildman–Crippen LogP) is 3.94. The first kappa shape index (κ1) is 20.9. The molecule has 0 aromatic heterocycles. The molecular weight excluding hydrogens is 284 g/mol. The van der Waals surface area contributed by atoms with Crippen molar-refractivity contribution in [2.45, 2.75) is 77.0 Å². The van der Waals surface area contributed by atoms with Gasteiger partial charge < -0.3 is 14.6 Å². The normalized spacial score (nSPS) is 10.6. The van der Waals surface area contributed by atoms with Gasteiger partial charge in [-0.3, -0.25) is 9.59 Å². The molecule has 130 valence electrons. The molecule has 0 aliphatic rings. The van der Waals surface area contributed by atoms with Crippen molar-refractivity contribution in [2.75, 3.05) is 20.3 Å². The molecule has 0 unspecified atom stereocenters. The fraction of sp³-hybridized carbons (Fsp3) is 0.882. The van der Waals surface area contributed by atoms with Gasteiger partial charge in [-0.15, -0.1) is 0 Å². The summed E-state index contributed by atoms with van der Waals surface area (Å²) >= 11 is 0. The molecule has 0 aromatic carbocycles. The van der Waals surface area contributed by atoms with E-state index in [9.17, 15) is 9.59 Å². The molecule has 0 amide bonds. The first-order valence-electron chi connectivity index (χ1n) is 8.53. The molecular formula is C17H32O5. The van der Waals surface area contributed by atoms with Crippen molar-refractivity contribution < 1.29 is 24.2 Å². The number of esters is 1. The van der Waals surface area contributed by atoms with Gasteiger partial charge in [0.25, 0.3) is 0 Å². The number of hydrogen-bond acceptors (Lipinski definition) is 4. The van der Waals surface area contributed by atoms with Gasteiger partial charge in [0, 0.05) is 20.0 Å². The summed E-state index contributed by atoms with van der Waals surface area (Å²) in [5.41, 5.74) is 0. The number of rotatable bonds is 16. The van der Waals surface area contributed by atoms with Gasteiger partial charge in [-0.1, -0.05) is 51.4 Å². The number of aliphatic carboxylic acids is 1. The van der Waals surface area contributed by atoms with Crippen molar-refractivity contribution in [1.82, 2.24) is 0 Å². The number of hydrogen-bond donors (Lipinski definition) is 1. The summed E-state index contributed by atoms with van der Waals surface area (Å²) in [4.78, 5) is 21.6. The van der Waals surface area contributed by atoms with Crippen molar-refractivity contribution in [1.29, 1.82) is 0 Å². The Balaban J connectivity index is 3.11. The van der Waals surface area contributed by atoms with Crippen LogP contribution in [-0.4, -0.2) is 37.4 Å². The summed E-state index contributed by atoms with van der Waals surface area (Å²) in [6.45, 7) is 0.809. The molecule has 5 heteroatoms. The SMILES string of the molecule is COCCOC(=O)CCCCCCCCCCCCC(=O)O. The lowest BCUT2D eigenvalue weighted by Crippen LogP contribution is -2.09. The molecule has 0 aliphatic heterocycles. The van der Waals surface area contributed by atoms with Crippen LogP contribution in [0, 0.1) is 0 Å². The lowest BCUT2D eigenvalue weighted by molar-refractivity contribution is -0.145. The number of carbonyl (C=O) groups is 2. The Hall–Kier alpha value is -1.10. The Morgan fingerprint density at radius 2 is 1.18 bits per heavy atom. The van der Waals surface area contributed by atoms with Crippen LogP contribution in [0.1, 0.15) is 77.0 Å². The quantitative estimate of drug-likeness (QED) is 0.345. The third kappa shape index (κ3) is 17.0. The highest BCUT2D eigenvalue weighted by atomic mass is 16.6. The number of carboxylic acid groups (broad SMARTS) is 1. The monoisotopic (exact) mass is 316 g/mol. The van der Waals surface area contributed by atoms with E-state index >= 15 is 0 Å². The topological polar surface area (TPSA) is 72.8 Å². The number of carboxylic acids is 1. The molecule has 0 rings (SSSR count). The number of carbonyl (C=O) groups excluding carboxylic acids is 1. The molecule has 0 saturated heterocycles. The minimum absolute atomic E-state index is 0.126. The third-order valence-electron chi connectivity index (χ3n) is 3.57. The molecule has 1 N–H and O–H groups in total. The molecule has 0 fully saturated rings. The van der Waals surface area contributed by atoms with Crippen LogP contribution in [0.3, 0.4) is 0 Å². The van der Waals surface area contributed by atoms with Crippen molar-refractivity contribution in [2.24, 2.45) is 0 Å². The summed E-state index contributed by atoms with van der Waals surface area (Å²) in [6, 6.07) is 0. The zero-order valence-corrected chi connectivity index (χ0v) is 14.0. The molecule has 0 atom stereocenters. The molecule has 0 saturated carbocycles. The van der Waals surface area contributed by atoms with Crippen LogP contribution in [0.15, 0.2) is 0 Å². The van der Waals surface area contributed by atoms with E-state index in [-0.39, 0.29) is 5.97 Å². The fourth-order valence-electron chi connectivity index (χ4n) is 2.27. The van der Waals surface area contributed by atoms with Crippen molar-refractivity contribution in [3.8, 4) is 0 Å². The Morgan fingerprint density at radius 1 is 0.727 bits per heavy atom. The van der Waals surface area contributed by atoms with E-state index in [0.29, 0.717) is 26.1 Å². The standard InChI is InChI=1S/C17H32O5/c1-21-14-15-22-17(20)13-11-9-7-5-3-2-4-6-8-10-12-16(18)19/h2-15H2,1H3,(H,18,19). The van der Waals surface area contributed by atoms with Gasteiger partial charge in [0.2, 0.25) is 0 Å². The summed E-state index contributed by atoms with van der Waals surface area (Å²) in [7, 11) is 1.59. The van der Waals surface area contributed by atoms with Crippen LogP contribution >= 0.6 is 0 Å². The van der Waals surface area contributed by atoms with Gasteiger partial charge in [-0.25, -0.2) is 0 Å². The van der Waals surface area contributed by atoms with Crippen LogP contribution in [0.2, 0.25) is 0 Å². The fourth-order valence-corrected chi connectivity index (χ4v) is 2.27. The summed E-state index contributed by atoms with van der Waals surface area (Å²) in [5, 5.41) is 8.51. The highest BCUT2D eigenvalue weighted by molar-refractivity contribution is 5.69. The first-order chi connectivity index (χ1) is 10.7. The predicted molar refractivity (Wildman–Crippen MR) is 85.9 cm³/mol. The largest absolute Gasteiger partial charge is 0.481 e. The summed E-state index contributed by atoms with van der Waals surface area (Å²) in [5.74, 6) is -0.819. The van der Waals surface area contributed by atoms with E-state index in [4.69, 9.17) is 14.6 Å². The minimum atomic E-state index is -0.692. The zero-order valence-electron chi connectivity index (χ0n) is 14.0. The van der Waals surface area contributed by atoms with E-state index in [1.807, 2.05) is 0 Å². The van der Waals surface area contributed by atoms with Gasteiger partial charge in [0.15, 0.2) is 0 Å². The van der Waals surface area contributed by atoms with E-state index in [1.54, 1.807) is 7.11 Å². The maximum atomic E-state index is 11.3. The minimum Gasteiger partial charge on any atom is -0.481 e. The molecule has 0 spiro atoms. The van der Waals surface area contributed by atoms with Crippen LogP contribution in [0.25, 0.3) is 0 Å². The van der Waals surface area contributed by atoms with E-state index in [1.165, 1.54) is 32.1 Å². The van der Waals surface area contributed by atoms with Crippen LogP contribution in [0.5, 0.6) is 0 Å². The van der Waals surface area contributed by atoms with Gasteiger partial charge >= 0.3 is 11.9 Å². The average molecular weight is 316 g/mol. The zero-order chi connectivity index (χ0) is 16.5.